The van der Waals surface area contributed by atoms with E-state index < -0.39 is 0 Å². The number of nitrogens with one attached hydrogen (secondary N) is 2. The van der Waals surface area contributed by atoms with Crippen molar-refractivity contribution in [1.82, 2.24) is 0 Å². The number of rotatable bonds is 7. The fourth-order valence-corrected chi connectivity index (χ4v) is 3.40. The molecule has 2 N–H and O–H groups in total. The van der Waals surface area contributed by atoms with Crippen molar-refractivity contribution < 1.29 is 9.53 Å². The Morgan fingerprint density at radius 1 is 0.933 bits per heavy atom. The maximum Gasteiger partial charge on any atom is 0.262 e. The van der Waals surface area contributed by atoms with Crippen LogP contribution in [0.15, 0.2) is 54.6 Å². The van der Waals surface area contributed by atoms with Gasteiger partial charge < -0.3 is 15.4 Å². The highest BCUT2D eigenvalue weighted by Crippen LogP contribution is 2.27. The minimum Gasteiger partial charge on any atom is -0.482 e. The summed E-state index contributed by atoms with van der Waals surface area (Å²) in [5.74, 6) is 0.234. The largest absolute Gasteiger partial charge is 0.482 e. The number of carbonyl (C=O) groups excluding carboxylic acids is 1. The second-order valence-corrected chi connectivity index (χ2v) is 8.00. The number of carbonyl (C=O) groups is 1. The minimum absolute atomic E-state index is 0.119. The first-order chi connectivity index (χ1) is 14.3. The monoisotopic (exact) mass is 442 g/mol. The summed E-state index contributed by atoms with van der Waals surface area (Å²) in [6.45, 7) is 6.37. The summed E-state index contributed by atoms with van der Waals surface area (Å²) in [6, 6.07) is 17.2. The van der Waals surface area contributed by atoms with Gasteiger partial charge in [-0.1, -0.05) is 47.5 Å². The average Bonchev–Trinajstić information content (AvgIpc) is 2.71. The highest BCUT2D eigenvalue weighted by atomic mass is 35.5. The van der Waals surface area contributed by atoms with Crippen LogP contribution in [0.25, 0.3) is 0 Å². The van der Waals surface area contributed by atoms with Crippen molar-refractivity contribution in [3.8, 4) is 5.75 Å². The number of hydrogen-bond donors (Lipinski definition) is 2. The van der Waals surface area contributed by atoms with E-state index in [1.54, 1.807) is 6.07 Å². The van der Waals surface area contributed by atoms with Crippen molar-refractivity contribution >= 4 is 40.5 Å². The molecule has 0 spiro atoms. The molecule has 4 nitrogen and oxygen atoms in total. The first-order valence-corrected chi connectivity index (χ1v) is 10.4. The summed E-state index contributed by atoms with van der Waals surface area (Å²) in [5, 5.41) is 7.41. The zero-order valence-electron chi connectivity index (χ0n) is 17.2. The van der Waals surface area contributed by atoms with Gasteiger partial charge in [-0.25, -0.2) is 0 Å². The third kappa shape index (κ3) is 5.68. The number of amides is 1. The summed E-state index contributed by atoms with van der Waals surface area (Å²) in [6.07, 6.45) is 0. The van der Waals surface area contributed by atoms with Crippen molar-refractivity contribution in [2.75, 3.05) is 17.2 Å². The highest BCUT2D eigenvalue weighted by molar-refractivity contribution is 6.32. The Kier molecular flexibility index (Phi) is 7.24. The molecule has 0 saturated heterocycles. The Bertz CT molecular complexity index is 1070. The van der Waals surface area contributed by atoms with Crippen LogP contribution in [0.5, 0.6) is 5.75 Å². The smallest absolute Gasteiger partial charge is 0.262 e. The first kappa shape index (κ1) is 22.0. The molecule has 0 unspecified atom stereocenters. The van der Waals surface area contributed by atoms with Crippen LogP contribution in [0, 0.1) is 20.8 Å². The normalized spacial score (nSPS) is 10.6. The van der Waals surface area contributed by atoms with Crippen molar-refractivity contribution in [3.05, 3.63) is 86.9 Å². The Morgan fingerprint density at radius 2 is 1.73 bits per heavy atom. The number of ether oxygens (including phenoxy) is 1. The number of aryl methyl sites for hydroxylation is 2. The summed E-state index contributed by atoms with van der Waals surface area (Å²) in [5.41, 5.74) is 5.83. The lowest BCUT2D eigenvalue weighted by molar-refractivity contribution is -0.118. The van der Waals surface area contributed by atoms with Crippen LogP contribution in [0.3, 0.4) is 0 Å². The molecule has 30 heavy (non-hydrogen) atoms. The van der Waals surface area contributed by atoms with E-state index in [2.05, 4.69) is 10.6 Å². The van der Waals surface area contributed by atoms with Gasteiger partial charge in [-0.05, 0) is 73.4 Å². The molecule has 0 heterocycles. The molecule has 3 aromatic carbocycles. The van der Waals surface area contributed by atoms with Gasteiger partial charge in [-0.2, -0.15) is 0 Å². The topological polar surface area (TPSA) is 50.4 Å². The number of anilines is 2. The van der Waals surface area contributed by atoms with Crippen molar-refractivity contribution in [1.29, 1.82) is 0 Å². The number of hydrogen-bond acceptors (Lipinski definition) is 3. The molecule has 0 fully saturated rings. The fourth-order valence-electron chi connectivity index (χ4n) is 2.97. The Balaban J connectivity index is 1.56. The summed E-state index contributed by atoms with van der Waals surface area (Å²) in [7, 11) is 0. The van der Waals surface area contributed by atoms with Gasteiger partial charge in [0.1, 0.15) is 5.75 Å². The second-order valence-electron chi connectivity index (χ2n) is 7.19. The standard InChI is InChI=1S/C24H24Cl2N2O2/c1-15-7-8-16(2)22(11-15)28-24(29)14-30-23-10-9-18(12-20(23)26)13-27-21-6-4-5-19(25)17(21)3/h4-12,27H,13-14H2,1-3H3,(H,28,29). The molecule has 0 atom stereocenters. The lowest BCUT2D eigenvalue weighted by Gasteiger charge is -2.13. The molecule has 0 aromatic heterocycles. The van der Waals surface area contributed by atoms with Crippen LogP contribution < -0.4 is 15.4 Å². The fraction of sp³-hybridized carbons (Fsp3) is 0.208. The maximum atomic E-state index is 12.2. The van der Waals surface area contributed by atoms with Crippen LogP contribution in [0.2, 0.25) is 10.0 Å². The SMILES string of the molecule is Cc1ccc(C)c(NC(=O)COc2ccc(CNc3cccc(Cl)c3C)cc2Cl)c1. The van der Waals surface area contributed by atoms with Crippen LogP contribution >= 0.6 is 23.2 Å². The third-order valence-corrected chi connectivity index (χ3v) is 5.48. The highest BCUT2D eigenvalue weighted by Gasteiger charge is 2.09. The van der Waals surface area contributed by atoms with Gasteiger partial charge in [-0.15, -0.1) is 0 Å². The Labute approximate surface area is 187 Å². The van der Waals surface area contributed by atoms with Gasteiger partial charge in [0, 0.05) is 22.9 Å². The Hall–Kier alpha value is -2.69. The first-order valence-electron chi connectivity index (χ1n) is 9.61. The number of halogens is 2. The molecule has 6 heteroatoms. The molecule has 0 aliphatic carbocycles. The molecule has 0 aliphatic heterocycles. The van der Waals surface area contributed by atoms with Gasteiger partial charge >= 0.3 is 0 Å². The quantitative estimate of drug-likeness (QED) is 0.436. The number of benzene rings is 3. The summed E-state index contributed by atoms with van der Waals surface area (Å²) < 4.78 is 5.61. The van der Waals surface area contributed by atoms with Crippen LogP contribution in [0.1, 0.15) is 22.3 Å². The van der Waals surface area contributed by atoms with Gasteiger partial charge in [0.2, 0.25) is 0 Å². The summed E-state index contributed by atoms with van der Waals surface area (Å²) in [4.78, 5) is 12.2. The van der Waals surface area contributed by atoms with Gasteiger partial charge in [0.15, 0.2) is 6.61 Å². The van der Waals surface area contributed by atoms with E-state index in [1.807, 2.05) is 69.3 Å². The molecule has 1 amide bonds. The van der Waals surface area contributed by atoms with Gasteiger partial charge in [0.05, 0.1) is 5.02 Å². The van der Waals surface area contributed by atoms with E-state index >= 15 is 0 Å². The van der Waals surface area contributed by atoms with Crippen LogP contribution in [0.4, 0.5) is 11.4 Å². The van der Waals surface area contributed by atoms with Crippen molar-refractivity contribution in [2.24, 2.45) is 0 Å². The molecule has 0 aliphatic rings. The van der Waals surface area contributed by atoms with E-state index in [0.29, 0.717) is 17.3 Å². The molecular weight excluding hydrogens is 419 g/mol. The molecular formula is C24H24Cl2N2O2. The molecule has 0 radical (unpaired) electrons. The minimum atomic E-state index is -0.234. The predicted octanol–water partition coefficient (Wildman–Crippen LogP) is 6.55. The molecule has 156 valence electrons. The predicted molar refractivity (Wildman–Crippen MR) is 125 cm³/mol. The van der Waals surface area contributed by atoms with E-state index in [0.717, 1.165) is 38.7 Å². The van der Waals surface area contributed by atoms with E-state index in [-0.39, 0.29) is 12.5 Å². The van der Waals surface area contributed by atoms with Crippen LogP contribution in [-0.2, 0) is 11.3 Å². The third-order valence-electron chi connectivity index (χ3n) is 4.77. The lowest BCUT2D eigenvalue weighted by atomic mass is 10.1. The zero-order valence-corrected chi connectivity index (χ0v) is 18.7. The molecule has 0 bridgehead atoms. The summed E-state index contributed by atoms with van der Waals surface area (Å²) >= 11 is 12.5. The molecule has 3 aromatic rings. The van der Waals surface area contributed by atoms with E-state index in [1.165, 1.54) is 0 Å². The maximum absolute atomic E-state index is 12.2. The zero-order chi connectivity index (χ0) is 21.7. The molecule has 0 saturated carbocycles. The lowest BCUT2D eigenvalue weighted by Crippen LogP contribution is -2.20. The average molecular weight is 443 g/mol. The van der Waals surface area contributed by atoms with Gasteiger partial charge in [-0.3, -0.25) is 4.79 Å². The van der Waals surface area contributed by atoms with Crippen LogP contribution in [-0.4, -0.2) is 12.5 Å². The van der Waals surface area contributed by atoms with Crippen molar-refractivity contribution in [2.45, 2.75) is 27.3 Å². The second kappa shape index (κ2) is 9.88. The van der Waals surface area contributed by atoms with Gasteiger partial charge in [0.25, 0.3) is 5.91 Å². The van der Waals surface area contributed by atoms with E-state index in [9.17, 15) is 4.79 Å². The Morgan fingerprint density at radius 3 is 2.50 bits per heavy atom. The van der Waals surface area contributed by atoms with E-state index in [4.69, 9.17) is 27.9 Å². The molecule has 3 rings (SSSR count). The van der Waals surface area contributed by atoms with Crippen molar-refractivity contribution in [3.63, 3.8) is 0 Å².